The lowest BCUT2D eigenvalue weighted by Gasteiger charge is -2.24. The van der Waals surface area contributed by atoms with Crippen LogP contribution >= 0.6 is 0 Å². The highest BCUT2D eigenvalue weighted by Gasteiger charge is 2.20. The zero-order valence-electron chi connectivity index (χ0n) is 11.0. The van der Waals surface area contributed by atoms with Gasteiger partial charge in [-0.2, -0.15) is 0 Å². The molecule has 0 bridgehead atoms. The fourth-order valence-electron chi connectivity index (χ4n) is 2.32. The van der Waals surface area contributed by atoms with E-state index in [0.29, 0.717) is 12.6 Å². The fourth-order valence-corrected chi connectivity index (χ4v) is 2.32. The lowest BCUT2D eigenvalue weighted by Crippen LogP contribution is -2.45. The number of unbranched alkanes of at least 4 members (excludes halogenated alkanes) is 2. The Labute approximate surface area is 104 Å². The topological polar surface area (TPSA) is 52.6 Å². The van der Waals surface area contributed by atoms with Crippen molar-refractivity contribution in [2.75, 3.05) is 19.7 Å². The predicted octanol–water partition coefficient (Wildman–Crippen LogP) is 2.12. The van der Waals surface area contributed by atoms with Crippen molar-refractivity contribution in [3.05, 3.63) is 0 Å². The van der Waals surface area contributed by atoms with Crippen molar-refractivity contribution in [1.29, 1.82) is 0 Å². The number of rotatable bonds is 7. The molecule has 0 aromatic carbocycles. The highest BCUT2D eigenvalue weighted by atomic mass is 16.3. The van der Waals surface area contributed by atoms with E-state index in [1.54, 1.807) is 4.90 Å². The third-order valence-corrected chi connectivity index (χ3v) is 3.37. The Morgan fingerprint density at radius 2 is 2.00 bits per heavy atom. The van der Waals surface area contributed by atoms with Gasteiger partial charge in [0, 0.05) is 19.1 Å². The summed E-state index contributed by atoms with van der Waals surface area (Å²) in [6.07, 6.45) is 7.97. The average Bonchev–Trinajstić information content (AvgIpc) is 2.81. The molecule has 0 unspecified atom stereocenters. The maximum atomic E-state index is 12.0. The van der Waals surface area contributed by atoms with E-state index in [2.05, 4.69) is 12.2 Å². The third kappa shape index (κ3) is 5.39. The van der Waals surface area contributed by atoms with Gasteiger partial charge in [-0.05, 0) is 19.3 Å². The van der Waals surface area contributed by atoms with Gasteiger partial charge in [0.1, 0.15) is 0 Å². The van der Waals surface area contributed by atoms with Crippen molar-refractivity contribution in [2.24, 2.45) is 0 Å². The minimum Gasteiger partial charge on any atom is -0.395 e. The number of hydrogen-bond donors (Lipinski definition) is 2. The molecule has 1 fully saturated rings. The smallest absolute Gasteiger partial charge is 0.317 e. The van der Waals surface area contributed by atoms with Crippen molar-refractivity contribution in [2.45, 2.75) is 57.9 Å². The van der Waals surface area contributed by atoms with E-state index in [0.717, 1.165) is 38.6 Å². The summed E-state index contributed by atoms with van der Waals surface area (Å²) in [5.74, 6) is 0. The lowest BCUT2D eigenvalue weighted by atomic mass is 10.2. The van der Waals surface area contributed by atoms with E-state index in [1.165, 1.54) is 12.8 Å². The molecular weight excluding hydrogens is 216 g/mol. The summed E-state index contributed by atoms with van der Waals surface area (Å²) in [5.41, 5.74) is 0. The van der Waals surface area contributed by atoms with Crippen molar-refractivity contribution in [1.82, 2.24) is 10.2 Å². The zero-order chi connectivity index (χ0) is 12.5. The van der Waals surface area contributed by atoms with Crippen LogP contribution in [-0.2, 0) is 0 Å². The van der Waals surface area contributed by atoms with Crippen LogP contribution < -0.4 is 5.32 Å². The SMILES string of the molecule is CCCCCN(CCO)C(=O)NC1CCCC1. The summed E-state index contributed by atoms with van der Waals surface area (Å²) < 4.78 is 0. The van der Waals surface area contributed by atoms with Gasteiger partial charge < -0.3 is 15.3 Å². The van der Waals surface area contributed by atoms with E-state index in [4.69, 9.17) is 5.11 Å². The molecular formula is C13H26N2O2. The van der Waals surface area contributed by atoms with E-state index in [-0.39, 0.29) is 12.6 Å². The second kappa shape index (κ2) is 8.34. The molecule has 0 aromatic heterocycles. The van der Waals surface area contributed by atoms with Crippen molar-refractivity contribution >= 4 is 6.03 Å². The Kier molecular flexibility index (Phi) is 7.01. The van der Waals surface area contributed by atoms with Crippen LogP contribution in [0, 0.1) is 0 Å². The van der Waals surface area contributed by atoms with E-state index in [1.807, 2.05) is 0 Å². The number of hydrogen-bond acceptors (Lipinski definition) is 2. The second-order valence-electron chi connectivity index (χ2n) is 4.85. The molecule has 0 heterocycles. The Morgan fingerprint density at radius 3 is 2.59 bits per heavy atom. The molecule has 0 spiro atoms. The van der Waals surface area contributed by atoms with Crippen molar-refractivity contribution in [3.63, 3.8) is 0 Å². The third-order valence-electron chi connectivity index (χ3n) is 3.37. The number of aliphatic hydroxyl groups excluding tert-OH is 1. The van der Waals surface area contributed by atoms with Gasteiger partial charge in [-0.15, -0.1) is 0 Å². The molecule has 0 atom stereocenters. The van der Waals surface area contributed by atoms with Crippen LogP contribution in [0.5, 0.6) is 0 Å². The molecule has 4 heteroatoms. The zero-order valence-corrected chi connectivity index (χ0v) is 11.0. The van der Waals surface area contributed by atoms with Gasteiger partial charge in [-0.3, -0.25) is 0 Å². The first-order valence-electron chi connectivity index (χ1n) is 6.94. The minimum absolute atomic E-state index is 0.00190. The molecule has 1 aliphatic carbocycles. The molecule has 1 rings (SSSR count). The van der Waals surface area contributed by atoms with Crippen LogP contribution in [0.1, 0.15) is 51.9 Å². The summed E-state index contributed by atoms with van der Waals surface area (Å²) in [7, 11) is 0. The Bertz CT molecular complexity index is 215. The minimum atomic E-state index is 0.00190. The Morgan fingerprint density at radius 1 is 1.29 bits per heavy atom. The number of urea groups is 1. The molecule has 100 valence electrons. The van der Waals surface area contributed by atoms with Gasteiger partial charge in [-0.25, -0.2) is 4.79 Å². The van der Waals surface area contributed by atoms with Crippen LogP contribution in [0.3, 0.4) is 0 Å². The largest absolute Gasteiger partial charge is 0.395 e. The molecule has 0 saturated heterocycles. The Hall–Kier alpha value is -0.770. The molecule has 2 N–H and O–H groups in total. The maximum Gasteiger partial charge on any atom is 0.317 e. The predicted molar refractivity (Wildman–Crippen MR) is 69.0 cm³/mol. The first kappa shape index (κ1) is 14.3. The summed E-state index contributed by atoms with van der Waals surface area (Å²) in [6.45, 7) is 3.40. The van der Waals surface area contributed by atoms with Gasteiger partial charge in [0.2, 0.25) is 0 Å². The molecule has 1 aliphatic rings. The average molecular weight is 242 g/mol. The quantitative estimate of drug-likeness (QED) is 0.672. The number of carbonyl (C=O) groups is 1. The van der Waals surface area contributed by atoms with Crippen LogP contribution in [-0.4, -0.2) is 41.8 Å². The molecule has 0 aromatic rings. The number of nitrogens with one attached hydrogen (secondary N) is 1. The second-order valence-corrected chi connectivity index (χ2v) is 4.85. The lowest BCUT2D eigenvalue weighted by molar-refractivity contribution is 0.173. The van der Waals surface area contributed by atoms with Crippen molar-refractivity contribution in [3.8, 4) is 0 Å². The van der Waals surface area contributed by atoms with Crippen LogP contribution in [0.2, 0.25) is 0 Å². The first-order valence-corrected chi connectivity index (χ1v) is 6.94. The molecule has 1 saturated carbocycles. The summed E-state index contributed by atoms with van der Waals surface area (Å²) >= 11 is 0. The summed E-state index contributed by atoms with van der Waals surface area (Å²) in [5, 5.41) is 12.0. The van der Waals surface area contributed by atoms with Gasteiger partial charge in [-0.1, -0.05) is 32.6 Å². The highest BCUT2D eigenvalue weighted by molar-refractivity contribution is 5.74. The van der Waals surface area contributed by atoms with Crippen LogP contribution in [0.25, 0.3) is 0 Å². The summed E-state index contributed by atoms with van der Waals surface area (Å²) in [4.78, 5) is 13.7. The molecule has 0 radical (unpaired) electrons. The normalized spacial score (nSPS) is 16.1. The highest BCUT2D eigenvalue weighted by Crippen LogP contribution is 2.17. The molecule has 4 nitrogen and oxygen atoms in total. The monoisotopic (exact) mass is 242 g/mol. The van der Waals surface area contributed by atoms with Crippen LogP contribution in [0.15, 0.2) is 0 Å². The standard InChI is InChI=1S/C13H26N2O2/c1-2-3-6-9-15(10-11-16)13(17)14-12-7-4-5-8-12/h12,16H,2-11H2,1H3,(H,14,17). The van der Waals surface area contributed by atoms with E-state index < -0.39 is 0 Å². The van der Waals surface area contributed by atoms with Gasteiger partial charge in [0.25, 0.3) is 0 Å². The van der Waals surface area contributed by atoms with Crippen molar-refractivity contribution < 1.29 is 9.90 Å². The molecule has 17 heavy (non-hydrogen) atoms. The fraction of sp³-hybridized carbons (Fsp3) is 0.923. The molecule has 2 amide bonds. The van der Waals surface area contributed by atoms with E-state index >= 15 is 0 Å². The molecule has 0 aliphatic heterocycles. The summed E-state index contributed by atoms with van der Waals surface area (Å²) in [6, 6.07) is 0.358. The number of nitrogens with zero attached hydrogens (tertiary/aromatic N) is 1. The first-order chi connectivity index (χ1) is 8.27. The van der Waals surface area contributed by atoms with E-state index in [9.17, 15) is 4.79 Å². The van der Waals surface area contributed by atoms with Gasteiger partial charge in [0.15, 0.2) is 0 Å². The van der Waals surface area contributed by atoms with Gasteiger partial charge in [0.05, 0.1) is 6.61 Å². The van der Waals surface area contributed by atoms with Gasteiger partial charge >= 0.3 is 6.03 Å². The number of carbonyl (C=O) groups excluding carboxylic acids is 1. The maximum absolute atomic E-state index is 12.0. The number of amides is 2. The Balaban J connectivity index is 2.30. The number of aliphatic hydroxyl groups is 1. The van der Waals surface area contributed by atoms with Crippen LogP contribution in [0.4, 0.5) is 4.79 Å².